The third kappa shape index (κ3) is 5.73. The molecular weight excluding hydrogens is 318 g/mol. The van der Waals surface area contributed by atoms with Gasteiger partial charge in [0.15, 0.2) is 0 Å². The highest BCUT2D eigenvalue weighted by Crippen LogP contribution is 2.28. The lowest BCUT2D eigenvalue weighted by Gasteiger charge is -2.08. The minimum Gasteiger partial charge on any atom is -0.325 e. The number of anilines is 1. The molecule has 1 rings (SSSR count). The summed E-state index contributed by atoms with van der Waals surface area (Å²) in [6.07, 6.45) is 0.903. The maximum absolute atomic E-state index is 13.0. The molecule has 0 bridgehead atoms. The largest absolute Gasteiger partial charge is 0.325 e. The number of nitrogens with one attached hydrogen (secondary N) is 2. The Hall–Kier alpha value is -0.890. The molecule has 0 heterocycles. The van der Waals surface area contributed by atoms with E-state index >= 15 is 0 Å². The monoisotopic (exact) mass is 328 g/mol. The molecule has 0 aliphatic carbocycles. The first-order valence-electron chi connectivity index (χ1n) is 5.08. The van der Waals surface area contributed by atoms with Crippen LogP contribution in [0.2, 0.25) is 10.0 Å². The highest BCUT2D eigenvalue weighted by molar-refractivity contribution is 7.88. The second-order valence-electron chi connectivity index (χ2n) is 3.71. The first kappa shape index (κ1) is 16.2. The zero-order chi connectivity index (χ0) is 14.6. The molecule has 0 aromatic heterocycles. The van der Waals surface area contributed by atoms with Gasteiger partial charge in [0.1, 0.15) is 5.82 Å². The molecule has 0 spiro atoms. The molecule has 106 valence electrons. The molecule has 9 heteroatoms. The lowest BCUT2D eigenvalue weighted by Crippen LogP contribution is -2.26. The average Bonchev–Trinajstić information content (AvgIpc) is 2.24. The third-order valence-electron chi connectivity index (χ3n) is 2.00. The fraction of sp³-hybridized carbons (Fsp3) is 0.300. The average molecular weight is 329 g/mol. The summed E-state index contributed by atoms with van der Waals surface area (Å²) in [5.74, 6) is -1.16. The Labute approximate surface area is 120 Å². The Bertz CT molecular complexity index is 593. The zero-order valence-electron chi connectivity index (χ0n) is 9.84. The number of hydrogen-bond donors (Lipinski definition) is 2. The lowest BCUT2D eigenvalue weighted by atomic mass is 10.3. The van der Waals surface area contributed by atoms with Crippen molar-refractivity contribution in [3.8, 4) is 0 Å². The molecule has 1 aromatic rings. The van der Waals surface area contributed by atoms with Gasteiger partial charge in [-0.05, 0) is 12.1 Å². The number of carbonyl (C=O) groups is 1. The van der Waals surface area contributed by atoms with Crippen LogP contribution in [-0.2, 0) is 14.8 Å². The van der Waals surface area contributed by atoms with Gasteiger partial charge in [0.25, 0.3) is 0 Å². The molecule has 0 atom stereocenters. The van der Waals surface area contributed by atoms with Gasteiger partial charge in [-0.15, -0.1) is 0 Å². The van der Waals surface area contributed by atoms with Gasteiger partial charge in [-0.1, -0.05) is 23.2 Å². The lowest BCUT2D eigenvalue weighted by molar-refractivity contribution is -0.116. The van der Waals surface area contributed by atoms with E-state index in [2.05, 4.69) is 10.0 Å². The summed E-state index contributed by atoms with van der Waals surface area (Å²) in [5, 5.41) is 2.24. The molecule has 0 unspecified atom stereocenters. The topological polar surface area (TPSA) is 75.3 Å². The number of rotatable bonds is 5. The molecule has 1 amide bonds. The van der Waals surface area contributed by atoms with E-state index in [0.717, 1.165) is 12.3 Å². The Morgan fingerprint density at radius 1 is 1.32 bits per heavy atom. The van der Waals surface area contributed by atoms with E-state index in [1.54, 1.807) is 0 Å². The van der Waals surface area contributed by atoms with Crippen molar-refractivity contribution in [2.24, 2.45) is 0 Å². The van der Waals surface area contributed by atoms with Gasteiger partial charge in [-0.2, -0.15) is 0 Å². The number of benzene rings is 1. The van der Waals surface area contributed by atoms with Crippen molar-refractivity contribution in [3.05, 3.63) is 28.0 Å². The summed E-state index contributed by atoms with van der Waals surface area (Å²) in [4.78, 5) is 11.5. The van der Waals surface area contributed by atoms with Crippen LogP contribution in [0.4, 0.5) is 10.1 Å². The van der Waals surface area contributed by atoms with Gasteiger partial charge >= 0.3 is 0 Å². The maximum atomic E-state index is 13.0. The quantitative estimate of drug-likeness (QED) is 0.812. The number of hydrogen-bond acceptors (Lipinski definition) is 3. The van der Waals surface area contributed by atoms with Gasteiger partial charge in [0.2, 0.25) is 15.9 Å². The molecule has 0 fully saturated rings. The maximum Gasteiger partial charge on any atom is 0.225 e. The number of amides is 1. The van der Waals surface area contributed by atoms with Gasteiger partial charge in [-0.3, -0.25) is 4.79 Å². The zero-order valence-corrected chi connectivity index (χ0v) is 12.2. The Kier molecular flexibility index (Phi) is 5.54. The van der Waals surface area contributed by atoms with Gasteiger partial charge in [-0.25, -0.2) is 17.5 Å². The van der Waals surface area contributed by atoms with E-state index in [4.69, 9.17) is 23.2 Å². The summed E-state index contributed by atoms with van der Waals surface area (Å²) in [6, 6.07) is 2.16. The molecular formula is C10H11Cl2FN2O3S. The smallest absolute Gasteiger partial charge is 0.225 e. The highest BCUT2D eigenvalue weighted by atomic mass is 35.5. The minimum absolute atomic E-state index is 0.00585. The Balaban J connectivity index is 2.60. The standard InChI is InChI=1S/C10H11Cl2FN2O3S/c1-19(17,18)14-3-2-10(16)15-9-5-6(11)8(13)4-7(9)12/h4-5,14H,2-3H2,1H3,(H,15,16). The summed E-state index contributed by atoms with van der Waals surface area (Å²) in [7, 11) is -3.34. The minimum atomic E-state index is -3.34. The van der Waals surface area contributed by atoms with Crippen LogP contribution in [0.1, 0.15) is 6.42 Å². The highest BCUT2D eigenvalue weighted by Gasteiger charge is 2.10. The summed E-state index contributed by atoms with van der Waals surface area (Å²) in [5.41, 5.74) is 0.164. The van der Waals surface area contributed by atoms with Crippen molar-refractivity contribution in [2.45, 2.75) is 6.42 Å². The molecule has 0 saturated carbocycles. The van der Waals surface area contributed by atoms with Crippen LogP contribution in [0.5, 0.6) is 0 Å². The Morgan fingerprint density at radius 2 is 1.95 bits per heavy atom. The van der Waals surface area contributed by atoms with Crippen LogP contribution in [0.15, 0.2) is 12.1 Å². The van der Waals surface area contributed by atoms with Crippen molar-refractivity contribution in [1.29, 1.82) is 0 Å². The van der Waals surface area contributed by atoms with Crippen LogP contribution in [0.3, 0.4) is 0 Å². The van der Waals surface area contributed by atoms with Crippen molar-refractivity contribution in [2.75, 3.05) is 18.1 Å². The first-order chi connectivity index (χ1) is 8.69. The van der Waals surface area contributed by atoms with Crippen molar-refractivity contribution >= 4 is 44.8 Å². The first-order valence-corrected chi connectivity index (χ1v) is 7.73. The second-order valence-corrected chi connectivity index (χ2v) is 6.36. The fourth-order valence-corrected chi connectivity index (χ4v) is 2.02. The SMILES string of the molecule is CS(=O)(=O)NCCC(=O)Nc1cc(Cl)c(F)cc1Cl. The van der Waals surface area contributed by atoms with Crippen LogP contribution in [-0.4, -0.2) is 27.1 Å². The van der Waals surface area contributed by atoms with E-state index in [1.165, 1.54) is 6.07 Å². The van der Waals surface area contributed by atoms with Crippen molar-refractivity contribution in [3.63, 3.8) is 0 Å². The van der Waals surface area contributed by atoms with Crippen LogP contribution < -0.4 is 10.0 Å². The predicted molar refractivity (Wildman–Crippen MR) is 72.5 cm³/mol. The van der Waals surface area contributed by atoms with E-state index in [-0.39, 0.29) is 28.7 Å². The Morgan fingerprint density at radius 3 is 2.53 bits per heavy atom. The molecule has 0 aliphatic heterocycles. The summed E-state index contributed by atoms with van der Waals surface area (Å²) >= 11 is 11.3. The molecule has 0 saturated heterocycles. The molecule has 2 N–H and O–H groups in total. The molecule has 5 nitrogen and oxygen atoms in total. The van der Waals surface area contributed by atoms with Crippen molar-refractivity contribution < 1.29 is 17.6 Å². The van der Waals surface area contributed by atoms with E-state index in [0.29, 0.717) is 0 Å². The molecule has 0 radical (unpaired) electrons. The van der Waals surface area contributed by atoms with E-state index < -0.39 is 21.7 Å². The second kappa shape index (κ2) is 6.51. The van der Waals surface area contributed by atoms with E-state index in [9.17, 15) is 17.6 Å². The number of carbonyl (C=O) groups excluding carboxylic acids is 1. The van der Waals surface area contributed by atoms with Crippen LogP contribution >= 0.6 is 23.2 Å². The van der Waals surface area contributed by atoms with E-state index in [1.807, 2.05) is 0 Å². The third-order valence-corrected chi connectivity index (χ3v) is 3.33. The number of sulfonamides is 1. The molecule has 19 heavy (non-hydrogen) atoms. The fourth-order valence-electron chi connectivity index (χ4n) is 1.18. The van der Waals surface area contributed by atoms with Crippen LogP contribution in [0.25, 0.3) is 0 Å². The van der Waals surface area contributed by atoms with Gasteiger partial charge in [0.05, 0.1) is 22.0 Å². The predicted octanol–water partition coefficient (Wildman–Crippen LogP) is 2.01. The van der Waals surface area contributed by atoms with Crippen molar-refractivity contribution in [1.82, 2.24) is 4.72 Å². The molecule has 1 aromatic carbocycles. The van der Waals surface area contributed by atoms with Crippen LogP contribution in [0, 0.1) is 5.82 Å². The van der Waals surface area contributed by atoms with Gasteiger partial charge in [0, 0.05) is 13.0 Å². The molecule has 0 aliphatic rings. The number of halogens is 3. The van der Waals surface area contributed by atoms with Gasteiger partial charge < -0.3 is 5.32 Å². The summed E-state index contributed by atoms with van der Waals surface area (Å²) in [6.45, 7) is -0.0444. The normalized spacial score (nSPS) is 11.4. The summed E-state index contributed by atoms with van der Waals surface area (Å²) < 4.78 is 36.8.